The van der Waals surface area contributed by atoms with Crippen LogP contribution in [-0.2, 0) is 0 Å². The first-order valence-electron chi connectivity index (χ1n) is 2.53. The Morgan fingerprint density at radius 3 is 1.44 bits per heavy atom. The lowest BCUT2D eigenvalue weighted by molar-refractivity contribution is 0.101. The fourth-order valence-electron chi connectivity index (χ4n) is 0.707. The molecule has 1 heterocycles. The van der Waals surface area contributed by atoms with Crippen molar-refractivity contribution in [3.8, 4) is 0 Å². The summed E-state index contributed by atoms with van der Waals surface area (Å²) in [6.07, 6.45) is -1.33. The van der Waals surface area contributed by atoms with E-state index in [2.05, 4.69) is 37.2 Å². The van der Waals surface area contributed by atoms with Gasteiger partial charge in [0.15, 0.2) is 0 Å². The molecule has 1 rings (SSSR count). The van der Waals surface area contributed by atoms with E-state index in [0.29, 0.717) is 0 Å². The Labute approximate surface area is 69.7 Å². The van der Waals surface area contributed by atoms with Crippen LogP contribution in [0.3, 0.4) is 0 Å². The lowest BCUT2D eigenvalue weighted by Gasteiger charge is -2.06. The summed E-state index contributed by atoms with van der Waals surface area (Å²) in [5.74, 6) is 0. The van der Waals surface area contributed by atoms with Crippen molar-refractivity contribution in [3.05, 3.63) is 0 Å². The van der Waals surface area contributed by atoms with Crippen LogP contribution in [0.25, 0.3) is 0 Å². The number of rotatable bonds is 0. The Hall–Kier alpha value is 0.840. The lowest BCUT2D eigenvalue weighted by atomic mass is 10.3. The zero-order chi connectivity index (χ0) is 7.02. The molecule has 1 saturated heterocycles. The first-order valence-corrected chi connectivity index (χ1v) is 4.36. The predicted molar refractivity (Wildman–Crippen MR) is 40.6 cm³/mol. The molecule has 0 aromatic heterocycles. The van der Waals surface area contributed by atoms with Crippen molar-refractivity contribution in [2.24, 2.45) is 0 Å². The molecular weight excluding hydrogens is 254 g/mol. The quantitative estimate of drug-likeness (QED) is 0.527. The summed E-state index contributed by atoms with van der Waals surface area (Å²) in [4.78, 5) is -0.236. The summed E-state index contributed by atoms with van der Waals surface area (Å²) in [5.41, 5.74) is 0. The number of aliphatic hydroxyl groups excluding tert-OH is 2. The van der Waals surface area contributed by atoms with Gasteiger partial charge in [-0.25, -0.2) is 0 Å². The standard InChI is InChI=1S/C4H7Br2NO2/c5-1-2(6)4(9)7-3(1)8/h1-4,7-9H. The zero-order valence-electron chi connectivity index (χ0n) is 4.46. The van der Waals surface area contributed by atoms with Crippen LogP contribution in [0, 0.1) is 0 Å². The van der Waals surface area contributed by atoms with Crippen LogP contribution in [0.5, 0.6) is 0 Å². The van der Waals surface area contributed by atoms with E-state index >= 15 is 0 Å². The van der Waals surface area contributed by atoms with Crippen molar-refractivity contribution >= 4 is 31.9 Å². The van der Waals surface area contributed by atoms with Crippen LogP contribution in [0.2, 0.25) is 0 Å². The van der Waals surface area contributed by atoms with E-state index in [9.17, 15) is 0 Å². The van der Waals surface area contributed by atoms with Gasteiger partial charge in [-0.05, 0) is 0 Å². The third kappa shape index (κ3) is 1.46. The third-order valence-electron chi connectivity index (χ3n) is 1.25. The first-order chi connectivity index (χ1) is 4.13. The molecule has 0 amide bonds. The Morgan fingerprint density at radius 1 is 1.00 bits per heavy atom. The van der Waals surface area contributed by atoms with Crippen LogP contribution in [0.1, 0.15) is 0 Å². The second-order valence-corrected chi connectivity index (χ2v) is 4.06. The minimum absolute atomic E-state index is 0.118. The molecule has 1 aliphatic heterocycles. The van der Waals surface area contributed by atoms with Gasteiger partial charge in [0.25, 0.3) is 0 Å². The van der Waals surface area contributed by atoms with Crippen LogP contribution in [-0.4, -0.2) is 32.3 Å². The highest BCUT2D eigenvalue weighted by atomic mass is 79.9. The largest absolute Gasteiger partial charge is 0.377 e. The van der Waals surface area contributed by atoms with Gasteiger partial charge >= 0.3 is 0 Å². The molecule has 1 fully saturated rings. The highest BCUT2D eigenvalue weighted by Crippen LogP contribution is 2.25. The molecule has 0 bridgehead atoms. The van der Waals surface area contributed by atoms with E-state index in [0.717, 1.165) is 0 Å². The maximum atomic E-state index is 8.99. The molecule has 1 aliphatic rings. The predicted octanol–water partition coefficient (Wildman–Crippen LogP) is -0.247. The van der Waals surface area contributed by atoms with E-state index in [1.54, 1.807) is 0 Å². The molecule has 0 spiro atoms. The molecule has 0 aromatic rings. The van der Waals surface area contributed by atoms with E-state index < -0.39 is 12.5 Å². The fourth-order valence-corrected chi connectivity index (χ4v) is 1.59. The summed E-state index contributed by atoms with van der Waals surface area (Å²) < 4.78 is 0. The minimum atomic E-state index is -0.663. The number of hydrogen-bond donors (Lipinski definition) is 3. The van der Waals surface area contributed by atoms with Crippen LogP contribution in [0.4, 0.5) is 0 Å². The third-order valence-corrected chi connectivity index (χ3v) is 4.10. The molecule has 4 unspecified atom stereocenters. The van der Waals surface area contributed by atoms with Gasteiger partial charge in [-0.1, -0.05) is 31.9 Å². The Bertz CT molecular complexity index is 101. The average Bonchev–Trinajstić information content (AvgIpc) is 1.98. The summed E-state index contributed by atoms with van der Waals surface area (Å²) in [6, 6.07) is 0. The summed E-state index contributed by atoms with van der Waals surface area (Å²) in [7, 11) is 0. The van der Waals surface area contributed by atoms with Crippen molar-refractivity contribution in [2.45, 2.75) is 22.1 Å². The molecule has 3 N–H and O–H groups in total. The Balaban J connectivity index is 2.54. The van der Waals surface area contributed by atoms with Gasteiger partial charge in [0.05, 0.1) is 9.65 Å². The summed E-state index contributed by atoms with van der Waals surface area (Å²) in [6.45, 7) is 0. The van der Waals surface area contributed by atoms with Crippen LogP contribution >= 0.6 is 31.9 Å². The van der Waals surface area contributed by atoms with Crippen molar-refractivity contribution in [1.29, 1.82) is 0 Å². The van der Waals surface area contributed by atoms with E-state index in [4.69, 9.17) is 10.2 Å². The van der Waals surface area contributed by atoms with E-state index in [1.807, 2.05) is 0 Å². The van der Waals surface area contributed by atoms with Gasteiger partial charge in [-0.15, -0.1) is 0 Å². The first kappa shape index (κ1) is 7.94. The topological polar surface area (TPSA) is 52.5 Å². The molecule has 5 heteroatoms. The SMILES string of the molecule is OC1NC(O)C(Br)C1Br. The Kier molecular flexibility index (Phi) is 2.50. The number of hydrogen-bond acceptors (Lipinski definition) is 3. The van der Waals surface area contributed by atoms with Gasteiger partial charge in [-0.3, -0.25) is 5.32 Å². The van der Waals surface area contributed by atoms with E-state index in [1.165, 1.54) is 0 Å². The molecule has 0 aromatic carbocycles. The van der Waals surface area contributed by atoms with Crippen LogP contribution < -0.4 is 5.32 Å². The monoisotopic (exact) mass is 259 g/mol. The molecule has 4 atom stereocenters. The van der Waals surface area contributed by atoms with Gasteiger partial charge in [0.1, 0.15) is 12.5 Å². The number of nitrogens with one attached hydrogen (secondary N) is 1. The van der Waals surface area contributed by atoms with Crippen molar-refractivity contribution in [3.63, 3.8) is 0 Å². The number of aliphatic hydroxyl groups is 2. The normalized spacial score (nSPS) is 52.0. The average molecular weight is 261 g/mol. The minimum Gasteiger partial charge on any atom is -0.377 e. The molecule has 54 valence electrons. The highest BCUT2D eigenvalue weighted by molar-refractivity contribution is 9.12. The van der Waals surface area contributed by atoms with Gasteiger partial charge < -0.3 is 10.2 Å². The maximum Gasteiger partial charge on any atom is 0.120 e. The highest BCUT2D eigenvalue weighted by Gasteiger charge is 2.37. The fraction of sp³-hybridized carbons (Fsp3) is 1.00. The number of halogens is 2. The summed E-state index contributed by atoms with van der Waals surface area (Å²) in [5, 5.41) is 20.5. The van der Waals surface area contributed by atoms with E-state index in [-0.39, 0.29) is 9.65 Å². The molecule has 0 saturated carbocycles. The lowest BCUT2D eigenvalue weighted by Crippen LogP contribution is -2.31. The smallest absolute Gasteiger partial charge is 0.120 e. The Morgan fingerprint density at radius 2 is 1.33 bits per heavy atom. The van der Waals surface area contributed by atoms with Crippen molar-refractivity contribution < 1.29 is 10.2 Å². The number of alkyl halides is 2. The van der Waals surface area contributed by atoms with Crippen molar-refractivity contribution in [1.82, 2.24) is 5.32 Å². The maximum absolute atomic E-state index is 8.99. The van der Waals surface area contributed by atoms with Crippen LogP contribution in [0.15, 0.2) is 0 Å². The molecule has 0 aliphatic carbocycles. The summed E-state index contributed by atoms with van der Waals surface area (Å²) >= 11 is 6.38. The van der Waals surface area contributed by atoms with Gasteiger partial charge in [0, 0.05) is 0 Å². The zero-order valence-corrected chi connectivity index (χ0v) is 7.63. The van der Waals surface area contributed by atoms with Crippen molar-refractivity contribution in [2.75, 3.05) is 0 Å². The molecular formula is C4H7Br2NO2. The second kappa shape index (κ2) is 2.84. The molecule has 9 heavy (non-hydrogen) atoms. The molecule has 0 radical (unpaired) electrons. The van der Waals surface area contributed by atoms with Gasteiger partial charge in [0.2, 0.25) is 0 Å². The molecule has 3 nitrogen and oxygen atoms in total. The van der Waals surface area contributed by atoms with Gasteiger partial charge in [-0.2, -0.15) is 0 Å². The second-order valence-electron chi connectivity index (χ2n) is 1.95.